The molecule has 0 bridgehead atoms. The van der Waals surface area contributed by atoms with Gasteiger partial charge in [0.05, 0.1) is 42.7 Å². The standard InChI is InChI=1S/C31H36FN3O3/c1-6-28(32)38-18-23-14-22(15-27(37-5)30(23)26(36)11-8-20(3)21-9-10-21)25-17-34-29-16-24(12-13-35(25)29)31(4,7-2)19-33/h6,12-17,20-21,28H,1,7-11,18H2,2-5H3. The molecule has 4 rings (SSSR count). The molecule has 0 radical (unpaired) electrons. The molecule has 3 atom stereocenters. The third kappa shape index (κ3) is 5.66. The van der Waals surface area contributed by atoms with Gasteiger partial charge in [0.25, 0.3) is 0 Å². The Hall–Kier alpha value is -3.50. The summed E-state index contributed by atoms with van der Waals surface area (Å²) in [5.41, 5.74) is 3.53. The summed E-state index contributed by atoms with van der Waals surface area (Å²) in [6, 6.07) is 9.93. The van der Waals surface area contributed by atoms with Crippen LogP contribution >= 0.6 is 0 Å². The highest BCUT2D eigenvalue weighted by Crippen LogP contribution is 2.40. The molecule has 3 aromatic rings. The summed E-state index contributed by atoms with van der Waals surface area (Å²) < 4.78 is 26.9. The van der Waals surface area contributed by atoms with Crippen LogP contribution in [0.3, 0.4) is 0 Å². The molecule has 0 spiro atoms. The van der Waals surface area contributed by atoms with Gasteiger partial charge in [0.15, 0.2) is 5.78 Å². The fourth-order valence-corrected chi connectivity index (χ4v) is 4.92. The van der Waals surface area contributed by atoms with Crippen molar-refractivity contribution in [2.75, 3.05) is 7.11 Å². The molecule has 1 aliphatic carbocycles. The highest BCUT2D eigenvalue weighted by molar-refractivity contribution is 6.01. The molecule has 2 aromatic heterocycles. The molecule has 0 aliphatic heterocycles. The Morgan fingerprint density at radius 2 is 2.16 bits per heavy atom. The molecule has 1 fully saturated rings. The van der Waals surface area contributed by atoms with Crippen molar-refractivity contribution in [1.82, 2.24) is 9.38 Å². The quantitative estimate of drug-likeness (QED) is 0.177. The summed E-state index contributed by atoms with van der Waals surface area (Å²) in [6.07, 6.45) is 7.43. The molecule has 7 heteroatoms. The second kappa shape index (κ2) is 11.5. The lowest BCUT2D eigenvalue weighted by atomic mass is 9.82. The van der Waals surface area contributed by atoms with Gasteiger partial charge in [-0.3, -0.25) is 9.20 Å². The Morgan fingerprint density at radius 3 is 2.79 bits per heavy atom. The zero-order valence-electron chi connectivity index (χ0n) is 22.7. The highest BCUT2D eigenvalue weighted by atomic mass is 19.1. The third-order valence-corrected chi connectivity index (χ3v) is 7.92. The van der Waals surface area contributed by atoms with E-state index >= 15 is 0 Å². The van der Waals surface area contributed by atoms with Gasteiger partial charge in [-0.15, -0.1) is 0 Å². The van der Waals surface area contributed by atoms with Gasteiger partial charge in [0.2, 0.25) is 6.36 Å². The number of hydrogen-bond donors (Lipinski definition) is 0. The topological polar surface area (TPSA) is 76.6 Å². The summed E-state index contributed by atoms with van der Waals surface area (Å²) in [5.74, 6) is 1.60. The van der Waals surface area contributed by atoms with Crippen LogP contribution in [0.25, 0.3) is 16.9 Å². The molecule has 1 aliphatic rings. The van der Waals surface area contributed by atoms with Crippen LogP contribution in [0.5, 0.6) is 5.75 Å². The van der Waals surface area contributed by atoms with Gasteiger partial charge in [-0.25, -0.2) is 9.37 Å². The van der Waals surface area contributed by atoms with Crippen molar-refractivity contribution in [1.29, 1.82) is 5.26 Å². The first-order chi connectivity index (χ1) is 18.2. The number of pyridine rings is 1. The lowest BCUT2D eigenvalue weighted by Gasteiger charge is -2.20. The lowest BCUT2D eigenvalue weighted by molar-refractivity contribution is -0.0142. The number of ketones is 1. The number of aromatic nitrogens is 2. The smallest absolute Gasteiger partial charge is 0.218 e. The molecule has 1 saturated carbocycles. The molecular formula is C31H36FN3O3. The van der Waals surface area contributed by atoms with E-state index in [0.717, 1.165) is 29.3 Å². The second-order valence-electron chi connectivity index (χ2n) is 10.5. The molecule has 0 N–H and O–H groups in total. The number of rotatable bonds is 13. The van der Waals surface area contributed by atoms with Gasteiger partial charge in [-0.2, -0.15) is 5.26 Å². The predicted molar refractivity (Wildman–Crippen MR) is 146 cm³/mol. The lowest BCUT2D eigenvalue weighted by Crippen LogP contribution is -2.18. The summed E-state index contributed by atoms with van der Waals surface area (Å²) in [4.78, 5) is 18.0. The molecule has 2 heterocycles. The molecule has 1 aromatic carbocycles. The first kappa shape index (κ1) is 27.5. The molecule has 6 nitrogen and oxygen atoms in total. The summed E-state index contributed by atoms with van der Waals surface area (Å²) in [5, 5.41) is 9.70. The zero-order valence-corrected chi connectivity index (χ0v) is 22.7. The number of nitrogens with zero attached hydrogens (tertiary/aromatic N) is 3. The monoisotopic (exact) mass is 517 g/mol. The van der Waals surface area contributed by atoms with Gasteiger partial charge in [-0.1, -0.05) is 20.4 Å². The van der Waals surface area contributed by atoms with Crippen molar-refractivity contribution >= 4 is 11.4 Å². The van der Waals surface area contributed by atoms with Crippen molar-refractivity contribution in [3.8, 4) is 23.1 Å². The van der Waals surface area contributed by atoms with Crippen molar-refractivity contribution in [3.05, 3.63) is 66.0 Å². The van der Waals surface area contributed by atoms with Crippen molar-refractivity contribution in [3.63, 3.8) is 0 Å². The minimum Gasteiger partial charge on any atom is -0.496 e. The molecule has 3 unspecified atom stereocenters. The number of carbonyl (C=O) groups is 1. The highest BCUT2D eigenvalue weighted by Gasteiger charge is 2.29. The summed E-state index contributed by atoms with van der Waals surface area (Å²) in [6.45, 7) is 9.44. The maximum atomic E-state index is 14.0. The van der Waals surface area contributed by atoms with E-state index < -0.39 is 11.8 Å². The van der Waals surface area contributed by atoms with E-state index in [1.807, 2.05) is 48.7 Å². The second-order valence-corrected chi connectivity index (χ2v) is 10.5. The van der Waals surface area contributed by atoms with Gasteiger partial charge >= 0.3 is 0 Å². The normalized spacial score (nSPS) is 16.4. The molecule has 0 saturated heterocycles. The Labute approximate surface area is 224 Å². The maximum absolute atomic E-state index is 14.0. The minimum absolute atomic E-state index is 0.0355. The largest absolute Gasteiger partial charge is 0.496 e. The van der Waals surface area contributed by atoms with Crippen LogP contribution in [0, 0.1) is 23.2 Å². The van der Waals surface area contributed by atoms with Crippen LogP contribution in [0.2, 0.25) is 0 Å². The van der Waals surface area contributed by atoms with Crippen molar-refractivity contribution in [2.45, 2.75) is 71.3 Å². The molecule has 200 valence electrons. The number of methoxy groups -OCH3 is 1. The number of carbonyl (C=O) groups excluding carboxylic acids is 1. The number of nitriles is 1. The van der Waals surface area contributed by atoms with Gasteiger partial charge in [-0.05, 0) is 85.9 Å². The predicted octanol–water partition coefficient (Wildman–Crippen LogP) is 7.21. The number of alkyl halides is 1. The van der Waals surface area contributed by atoms with Crippen LogP contribution in [-0.4, -0.2) is 28.6 Å². The number of benzene rings is 1. The van der Waals surface area contributed by atoms with E-state index in [1.165, 1.54) is 20.0 Å². The van der Waals surface area contributed by atoms with Crippen molar-refractivity contribution in [2.24, 2.45) is 11.8 Å². The van der Waals surface area contributed by atoms with Crippen LogP contribution < -0.4 is 4.74 Å². The Morgan fingerprint density at radius 1 is 1.39 bits per heavy atom. The first-order valence-corrected chi connectivity index (χ1v) is 13.3. The van der Waals surface area contributed by atoms with E-state index in [1.54, 1.807) is 6.20 Å². The fraction of sp³-hybridized carbons (Fsp3) is 0.452. The van der Waals surface area contributed by atoms with Crippen LogP contribution in [0.1, 0.15) is 74.4 Å². The average molecular weight is 518 g/mol. The first-order valence-electron chi connectivity index (χ1n) is 13.3. The SMILES string of the molecule is C=CC(F)OCc1cc(-c2cnc3cc(C(C)(C#N)CC)ccn23)cc(OC)c1C(=O)CCC(C)C1CC1. The number of halogens is 1. The molecule has 38 heavy (non-hydrogen) atoms. The Balaban J connectivity index is 1.74. The van der Waals surface area contributed by atoms with E-state index in [4.69, 9.17) is 9.47 Å². The third-order valence-electron chi connectivity index (χ3n) is 7.92. The fourth-order valence-electron chi connectivity index (χ4n) is 4.92. The van der Waals surface area contributed by atoms with Gasteiger partial charge < -0.3 is 9.47 Å². The number of fused-ring (bicyclic) bond motifs is 1. The minimum atomic E-state index is -1.65. The maximum Gasteiger partial charge on any atom is 0.218 e. The van der Waals surface area contributed by atoms with Crippen molar-refractivity contribution < 1.29 is 18.7 Å². The van der Waals surface area contributed by atoms with Gasteiger partial charge in [0, 0.05) is 18.2 Å². The van der Waals surface area contributed by atoms with E-state index in [0.29, 0.717) is 47.2 Å². The van der Waals surface area contributed by atoms with Crippen LogP contribution in [-0.2, 0) is 16.8 Å². The van der Waals surface area contributed by atoms with Crippen LogP contribution in [0.4, 0.5) is 4.39 Å². The molecule has 0 amide bonds. The number of ether oxygens (including phenoxy) is 2. The number of Topliss-reactive ketones (excluding diaryl/α,β-unsaturated/α-hetero) is 1. The summed E-state index contributed by atoms with van der Waals surface area (Å²) >= 11 is 0. The van der Waals surface area contributed by atoms with Gasteiger partial charge in [0.1, 0.15) is 11.4 Å². The summed E-state index contributed by atoms with van der Waals surface area (Å²) in [7, 11) is 1.53. The number of hydrogen-bond acceptors (Lipinski definition) is 5. The zero-order chi connectivity index (χ0) is 27.4. The van der Waals surface area contributed by atoms with E-state index in [9.17, 15) is 14.4 Å². The van der Waals surface area contributed by atoms with E-state index in [2.05, 4.69) is 24.6 Å². The van der Waals surface area contributed by atoms with Crippen LogP contribution in [0.15, 0.2) is 49.3 Å². The van der Waals surface area contributed by atoms with E-state index in [-0.39, 0.29) is 12.4 Å². The number of imidazole rings is 1. The average Bonchev–Trinajstić information content (AvgIpc) is 3.72. The Kier molecular flexibility index (Phi) is 8.32. The molecular weight excluding hydrogens is 481 g/mol. The Bertz CT molecular complexity index is 1370.